The maximum absolute atomic E-state index is 12.4. The van der Waals surface area contributed by atoms with Gasteiger partial charge < -0.3 is 5.32 Å². The van der Waals surface area contributed by atoms with Gasteiger partial charge in [-0.3, -0.25) is 4.79 Å². The summed E-state index contributed by atoms with van der Waals surface area (Å²) in [4.78, 5) is 12.4. The number of carbonyl (C=O) groups excluding carboxylic acids is 1. The van der Waals surface area contributed by atoms with Crippen LogP contribution < -0.4 is 5.32 Å². The summed E-state index contributed by atoms with van der Waals surface area (Å²) in [5.41, 5.74) is 2.70. The van der Waals surface area contributed by atoms with Crippen molar-refractivity contribution in [3.63, 3.8) is 0 Å². The van der Waals surface area contributed by atoms with E-state index in [1.54, 1.807) is 16.4 Å². The Morgan fingerprint density at radius 2 is 2.10 bits per heavy atom. The van der Waals surface area contributed by atoms with Crippen molar-refractivity contribution >= 4 is 39.4 Å². The average molecular weight is 364 g/mol. The van der Waals surface area contributed by atoms with Crippen LogP contribution in [0.4, 0.5) is 5.95 Å². The second-order valence-corrected chi connectivity index (χ2v) is 6.74. The first-order valence-electron chi connectivity index (χ1n) is 6.38. The maximum atomic E-state index is 12.4. The number of nitrogens with one attached hydrogen (secondary N) is 1. The number of aromatic nitrogens is 4. The van der Waals surface area contributed by atoms with Crippen molar-refractivity contribution in [2.24, 2.45) is 0 Å². The number of thioether (sulfide) groups is 1. The summed E-state index contributed by atoms with van der Waals surface area (Å²) in [5.74, 6) is 2.01. The van der Waals surface area contributed by atoms with Crippen molar-refractivity contribution in [3.8, 4) is 0 Å². The number of nitrogens with zero attached hydrogens (tertiary/aromatic N) is 4. The highest BCUT2D eigenvalue weighted by Gasteiger charge is 2.36. The van der Waals surface area contributed by atoms with Crippen molar-refractivity contribution < 1.29 is 4.79 Å². The number of Topliss-reactive ketones (excluding diaryl/α,β-unsaturated/α-hetero) is 1. The van der Waals surface area contributed by atoms with Gasteiger partial charge in [-0.05, 0) is 28.1 Å². The minimum Gasteiger partial charge on any atom is -0.325 e. The molecule has 21 heavy (non-hydrogen) atoms. The van der Waals surface area contributed by atoms with Crippen LogP contribution in [-0.4, -0.2) is 37.5 Å². The van der Waals surface area contributed by atoms with Gasteiger partial charge in [0.1, 0.15) is 6.04 Å². The first-order valence-corrected chi connectivity index (χ1v) is 8.33. The number of rotatable bonds is 1. The van der Waals surface area contributed by atoms with Gasteiger partial charge in [0.2, 0.25) is 5.95 Å². The number of ketones is 1. The van der Waals surface area contributed by atoms with E-state index in [1.807, 2.05) is 24.3 Å². The lowest BCUT2D eigenvalue weighted by Gasteiger charge is -2.31. The number of allylic oxidation sites excluding steroid dienone is 1. The molecule has 0 saturated carbocycles. The van der Waals surface area contributed by atoms with Crippen molar-refractivity contribution in [2.45, 2.75) is 6.04 Å². The second-order valence-electron chi connectivity index (χ2n) is 4.83. The number of benzene rings is 1. The van der Waals surface area contributed by atoms with Crippen LogP contribution in [0.25, 0.3) is 0 Å². The smallest absolute Gasteiger partial charge is 0.248 e. The molecule has 8 heteroatoms. The van der Waals surface area contributed by atoms with Gasteiger partial charge in [-0.2, -0.15) is 4.68 Å². The summed E-state index contributed by atoms with van der Waals surface area (Å²) in [7, 11) is 0. The Bertz CT molecular complexity index is 754. The van der Waals surface area contributed by atoms with Crippen molar-refractivity contribution in [1.82, 2.24) is 20.2 Å². The van der Waals surface area contributed by atoms with Gasteiger partial charge in [0.05, 0.1) is 5.75 Å². The van der Waals surface area contributed by atoms with E-state index in [0.29, 0.717) is 11.7 Å². The third kappa shape index (κ3) is 2.09. The molecule has 1 aromatic heterocycles. The van der Waals surface area contributed by atoms with E-state index in [2.05, 4.69) is 36.8 Å². The molecule has 0 spiro atoms. The molecule has 3 heterocycles. The highest BCUT2D eigenvalue weighted by molar-refractivity contribution is 9.10. The van der Waals surface area contributed by atoms with E-state index in [1.165, 1.54) is 0 Å². The molecule has 0 aliphatic carbocycles. The Labute approximate surface area is 133 Å². The predicted molar refractivity (Wildman–Crippen MR) is 83.1 cm³/mol. The summed E-state index contributed by atoms with van der Waals surface area (Å²) in [6.07, 6.45) is 0. The van der Waals surface area contributed by atoms with Crippen molar-refractivity contribution in [1.29, 1.82) is 0 Å². The first-order chi connectivity index (χ1) is 10.2. The molecule has 2 aromatic rings. The zero-order chi connectivity index (χ0) is 14.4. The number of hydrogen-bond acceptors (Lipinski definition) is 6. The maximum Gasteiger partial charge on any atom is 0.248 e. The zero-order valence-electron chi connectivity index (χ0n) is 10.8. The highest BCUT2D eigenvalue weighted by atomic mass is 79.9. The van der Waals surface area contributed by atoms with E-state index < -0.39 is 0 Å². The first kappa shape index (κ1) is 13.0. The topological polar surface area (TPSA) is 72.7 Å². The molecule has 2 aliphatic heterocycles. The van der Waals surface area contributed by atoms with E-state index >= 15 is 0 Å². The molecule has 106 valence electrons. The lowest BCUT2D eigenvalue weighted by molar-refractivity contribution is -0.113. The Hall–Kier alpha value is -1.67. The summed E-state index contributed by atoms with van der Waals surface area (Å²) >= 11 is 5.04. The Morgan fingerprint density at radius 3 is 2.90 bits per heavy atom. The molecular weight excluding hydrogens is 354 g/mol. The Balaban J connectivity index is 1.91. The van der Waals surface area contributed by atoms with Gasteiger partial charge in [-0.25, -0.2) is 0 Å². The SMILES string of the molecule is O=C1CSCC2=C1C(c1ccc(Br)cc1)n1nnnc1N2. The molecule has 2 aliphatic rings. The summed E-state index contributed by atoms with van der Waals surface area (Å²) in [6, 6.07) is 7.65. The molecule has 4 rings (SSSR count). The zero-order valence-corrected chi connectivity index (χ0v) is 13.2. The number of hydrogen-bond donors (Lipinski definition) is 1. The van der Waals surface area contributed by atoms with Crippen LogP contribution >= 0.6 is 27.7 Å². The molecule has 0 amide bonds. The van der Waals surface area contributed by atoms with Crippen LogP contribution in [0, 0.1) is 0 Å². The largest absolute Gasteiger partial charge is 0.325 e. The van der Waals surface area contributed by atoms with Crippen LogP contribution in [0.3, 0.4) is 0 Å². The van der Waals surface area contributed by atoms with Gasteiger partial charge in [-0.15, -0.1) is 11.8 Å². The van der Waals surface area contributed by atoms with Crippen LogP contribution in [-0.2, 0) is 4.79 Å². The molecule has 1 unspecified atom stereocenters. The van der Waals surface area contributed by atoms with Gasteiger partial charge in [-0.1, -0.05) is 33.2 Å². The lowest BCUT2D eigenvalue weighted by Crippen LogP contribution is -2.33. The van der Waals surface area contributed by atoms with Gasteiger partial charge >= 0.3 is 0 Å². The monoisotopic (exact) mass is 363 g/mol. The van der Waals surface area contributed by atoms with E-state index in [9.17, 15) is 4.79 Å². The third-order valence-electron chi connectivity index (χ3n) is 3.56. The Morgan fingerprint density at radius 1 is 1.29 bits per heavy atom. The van der Waals surface area contributed by atoms with Crippen LogP contribution in [0.15, 0.2) is 40.0 Å². The number of carbonyl (C=O) groups is 1. The molecule has 0 radical (unpaired) electrons. The van der Waals surface area contributed by atoms with Crippen LogP contribution in [0.5, 0.6) is 0 Å². The summed E-state index contributed by atoms with van der Waals surface area (Å²) in [6.45, 7) is 0. The summed E-state index contributed by atoms with van der Waals surface area (Å²) < 4.78 is 2.67. The van der Waals surface area contributed by atoms with Gasteiger partial charge in [0.25, 0.3) is 0 Å². The molecule has 1 N–H and O–H groups in total. The third-order valence-corrected chi connectivity index (χ3v) is 5.05. The van der Waals surface area contributed by atoms with E-state index in [0.717, 1.165) is 27.1 Å². The normalized spacial score (nSPS) is 20.8. The van der Waals surface area contributed by atoms with Crippen molar-refractivity contribution in [3.05, 3.63) is 45.6 Å². The quantitative estimate of drug-likeness (QED) is 0.835. The van der Waals surface area contributed by atoms with Gasteiger partial charge in [0.15, 0.2) is 5.78 Å². The molecule has 1 aromatic carbocycles. The predicted octanol–water partition coefficient (Wildman–Crippen LogP) is 2.02. The average Bonchev–Trinajstić information content (AvgIpc) is 2.94. The van der Waals surface area contributed by atoms with E-state index in [-0.39, 0.29) is 11.8 Å². The summed E-state index contributed by atoms with van der Waals surface area (Å²) in [5, 5.41) is 14.9. The minimum atomic E-state index is -0.257. The van der Waals surface area contributed by atoms with E-state index in [4.69, 9.17) is 0 Å². The molecule has 6 nitrogen and oxygen atoms in total. The molecule has 0 saturated heterocycles. The molecule has 0 fully saturated rings. The highest BCUT2D eigenvalue weighted by Crippen LogP contribution is 2.38. The number of fused-ring (bicyclic) bond motifs is 1. The molecule has 1 atom stereocenters. The number of tetrazole rings is 1. The van der Waals surface area contributed by atoms with Crippen LogP contribution in [0.1, 0.15) is 11.6 Å². The van der Waals surface area contributed by atoms with Crippen molar-refractivity contribution in [2.75, 3.05) is 16.8 Å². The Kier molecular flexibility index (Phi) is 3.07. The number of anilines is 1. The lowest BCUT2D eigenvalue weighted by atomic mass is 9.93. The fourth-order valence-electron chi connectivity index (χ4n) is 2.65. The fourth-order valence-corrected chi connectivity index (χ4v) is 3.79. The molecular formula is C13H10BrN5OS. The second kappa shape index (κ2) is 4.96. The fraction of sp³-hybridized carbons (Fsp3) is 0.231. The minimum absolute atomic E-state index is 0.141. The number of halogens is 1. The molecule has 0 bridgehead atoms. The van der Waals surface area contributed by atoms with Gasteiger partial charge in [0, 0.05) is 21.5 Å². The van der Waals surface area contributed by atoms with Crippen LogP contribution in [0.2, 0.25) is 0 Å². The standard InChI is InChI=1S/C13H10BrN5OS/c14-8-3-1-7(2-4-8)12-11-9(5-21-6-10(11)20)15-13-16-17-18-19(12)13/h1-4,12H,5-6H2,(H,15,16,18).